The lowest BCUT2D eigenvalue weighted by atomic mass is 10.3. The van der Waals surface area contributed by atoms with Crippen molar-refractivity contribution in [3.05, 3.63) is 32.6 Å². The Morgan fingerprint density at radius 2 is 2.36 bits per heavy atom. The van der Waals surface area contributed by atoms with Gasteiger partial charge in [-0.05, 0) is 6.92 Å². The third kappa shape index (κ3) is 1.72. The SMILES string of the molecule is CC(CO)n1cc(C#N)c(=O)[nH]c1=O. The number of aromatic amines is 1. The number of nitriles is 1. The van der Waals surface area contributed by atoms with Crippen molar-refractivity contribution >= 4 is 0 Å². The van der Waals surface area contributed by atoms with Crippen molar-refractivity contribution in [2.24, 2.45) is 0 Å². The van der Waals surface area contributed by atoms with Gasteiger partial charge in [-0.15, -0.1) is 0 Å². The quantitative estimate of drug-likeness (QED) is 0.629. The molecular formula is C8H9N3O3. The van der Waals surface area contributed by atoms with Crippen LogP contribution < -0.4 is 11.2 Å². The molecule has 6 nitrogen and oxygen atoms in total. The Balaban J connectivity index is 3.41. The Kier molecular flexibility index (Phi) is 2.84. The minimum Gasteiger partial charge on any atom is -0.394 e. The van der Waals surface area contributed by atoms with Crippen LogP contribution in [0.3, 0.4) is 0 Å². The van der Waals surface area contributed by atoms with E-state index < -0.39 is 17.3 Å². The highest BCUT2D eigenvalue weighted by molar-refractivity contribution is 5.21. The summed E-state index contributed by atoms with van der Waals surface area (Å²) in [4.78, 5) is 24.2. The van der Waals surface area contributed by atoms with Crippen LogP contribution in [0, 0.1) is 11.3 Å². The van der Waals surface area contributed by atoms with E-state index in [0.717, 1.165) is 10.8 Å². The molecule has 0 radical (unpaired) electrons. The van der Waals surface area contributed by atoms with E-state index >= 15 is 0 Å². The molecule has 0 fully saturated rings. The van der Waals surface area contributed by atoms with E-state index in [0.29, 0.717) is 0 Å². The van der Waals surface area contributed by atoms with E-state index in [-0.39, 0.29) is 12.2 Å². The van der Waals surface area contributed by atoms with Gasteiger partial charge in [-0.25, -0.2) is 4.79 Å². The molecule has 0 amide bonds. The number of aliphatic hydroxyl groups is 1. The molecule has 0 saturated carbocycles. The van der Waals surface area contributed by atoms with Gasteiger partial charge in [0.1, 0.15) is 11.6 Å². The molecule has 0 aliphatic carbocycles. The van der Waals surface area contributed by atoms with Gasteiger partial charge in [0.05, 0.1) is 12.6 Å². The van der Waals surface area contributed by atoms with Crippen molar-refractivity contribution in [3.63, 3.8) is 0 Å². The molecule has 1 heterocycles. The molecule has 0 bridgehead atoms. The first-order chi connectivity index (χ1) is 6.60. The minimum absolute atomic E-state index is 0.148. The van der Waals surface area contributed by atoms with Crippen LogP contribution in [0.5, 0.6) is 0 Å². The second-order valence-corrected chi connectivity index (χ2v) is 2.85. The van der Waals surface area contributed by atoms with Crippen LogP contribution in [0.25, 0.3) is 0 Å². The Morgan fingerprint density at radius 3 is 2.86 bits per heavy atom. The summed E-state index contributed by atoms with van der Waals surface area (Å²) >= 11 is 0. The standard InChI is InChI=1S/C8H9N3O3/c1-5(4-12)11-3-6(2-9)7(13)10-8(11)14/h3,5,12H,4H2,1H3,(H,10,13,14). The summed E-state index contributed by atoms with van der Waals surface area (Å²) in [6.07, 6.45) is 1.14. The third-order valence-corrected chi connectivity index (χ3v) is 1.83. The van der Waals surface area contributed by atoms with Crippen LogP contribution in [0.4, 0.5) is 0 Å². The molecule has 2 N–H and O–H groups in total. The summed E-state index contributed by atoms with van der Waals surface area (Å²) in [5, 5.41) is 17.4. The van der Waals surface area contributed by atoms with Crippen molar-refractivity contribution in [2.45, 2.75) is 13.0 Å². The predicted molar refractivity (Wildman–Crippen MR) is 47.8 cm³/mol. The van der Waals surface area contributed by atoms with Crippen molar-refractivity contribution in [1.29, 1.82) is 5.26 Å². The van der Waals surface area contributed by atoms with Crippen LogP contribution in [0.15, 0.2) is 15.8 Å². The monoisotopic (exact) mass is 195 g/mol. The van der Waals surface area contributed by atoms with E-state index in [1.165, 1.54) is 0 Å². The fourth-order valence-corrected chi connectivity index (χ4v) is 0.980. The molecule has 0 aromatic carbocycles. The zero-order chi connectivity index (χ0) is 10.7. The Hall–Kier alpha value is -1.87. The molecule has 1 atom stereocenters. The lowest BCUT2D eigenvalue weighted by Crippen LogP contribution is -2.33. The van der Waals surface area contributed by atoms with Gasteiger partial charge in [-0.2, -0.15) is 5.26 Å². The average Bonchev–Trinajstić information content (AvgIpc) is 2.17. The van der Waals surface area contributed by atoms with Gasteiger partial charge < -0.3 is 5.11 Å². The van der Waals surface area contributed by atoms with Crippen molar-refractivity contribution in [1.82, 2.24) is 9.55 Å². The summed E-state index contributed by atoms with van der Waals surface area (Å²) in [5.74, 6) is 0. The highest BCUT2D eigenvalue weighted by atomic mass is 16.3. The molecule has 0 spiro atoms. The second kappa shape index (κ2) is 3.89. The summed E-state index contributed by atoms with van der Waals surface area (Å²) in [6.45, 7) is 1.36. The largest absolute Gasteiger partial charge is 0.394 e. The summed E-state index contributed by atoms with van der Waals surface area (Å²) in [7, 11) is 0. The fraction of sp³-hybridized carbons (Fsp3) is 0.375. The normalized spacial score (nSPS) is 12.1. The van der Waals surface area contributed by atoms with E-state index in [2.05, 4.69) is 0 Å². The number of hydrogen-bond acceptors (Lipinski definition) is 4. The number of hydrogen-bond donors (Lipinski definition) is 2. The first-order valence-corrected chi connectivity index (χ1v) is 3.96. The minimum atomic E-state index is -0.709. The number of H-pyrrole nitrogens is 1. The van der Waals surface area contributed by atoms with Gasteiger partial charge in [0.25, 0.3) is 5.56 Å². The average molecular weight is 195 g/mol. The zero-order valence-corrected chi connectivity index (χ0v) is 7.52. The lowest BCUT2D eigenvalue weighted by molar-refractivity contribution is 0.235. The molecule has 0 saturated heterocycles. The second-order valence-electron chi connectivity index (χ2n) is 2.85. The molecule has 0 aliphatic rings. The van der Waals surface area contributed by atoms with Gasteiger partial charge in [0.2, 0.25) is 0 Å². The van der Waals surface area contributed by atoms with Gasteiger partial charge in [0.15, 0.2) is 0 Å². The molecule has 1 aromatic rings. The first kappa shape index (κ1) is 10.2. The Bertz CT molecular complexity index is 480. The first-order valence-electron chi connectivity index (χ1n) is 3.96. The van der Waals surface area contributed by atoms with Gasteiger partial charge in [-0.3, -0.25) is 14.3 Å². The number of nitrogens with zero attached hydrogens (tertiary/aromatic N) is 2. The summed E-state index contributed by atoms with van der Waals surface area (Å²) in [5.41, 5.74) is -1.49. The van der Waals surface area contributed by atoms with Gasteiger partial charge in [0, 0.05) is 6.20 Å². The number of nitrogens with one attached hydrogen (secondary N) is 1. The molecule has 14 heavy (non-hydrogen) atoms. The number of aromatic nitrogens is 2. The summed E-state index contributed by atoms with van der Waals surface area (Å²) in [6, 6.07) is 1.19. The van der Waals surface area contributed by atoms with E-state index in [9.17, 15) is 9.59 Å². The van der Waals surface area contributed by atoms with Gasteiger partial charge in [-0.1, -0.05) is 0 Å². The van der Waals surface area contributed by atoms with Crippen LogP contribution in [0.1, 0.15) is 18.5 Å². The topological polar surface area (TPSA) is 98.9 Å². The highest BCUT2D eigenvalue weighted by Gasteiger charge is 2.08. The van der Waals surface area contributed by atoms with Crippen molar-refractivity contribution < 1.29 is 5.11 Å². The molecule has 0 aliphatic heterocycles. The van der Waals surface area contributed by atoms with Gasteiger partial charge >= 0.3 is 5.69 Å². The zero-order valence-electron chi connectivity index (χ0n) is 7.52. The molecule has 1 rings (SSSR count). The van der Waals surface area contributed by atoms with Crippen LogP contribution >= 0.6 is 0 Å². The Labute approximate surface area is 79.1 Å². The van der Waals surface area contributed by atoms with E-state index in [1.54, 1.807) is 13.0 Å². The van der Waals surface area contributed by atoms with Crippen LogP contribution in [0.2, 0.25) is 0 Å². The highest BCUT2D eigenvalue weighted by Crippen LogP contribution is 1.98. The van der Waals surface area contributed by atoms with E-state index in [1.807, 2.05) is 4.98 Å². The summed E-state index contributed by atoms with van der Waals surface area (Å²) < 4.78 is 1.11. The van der Waals surface area contributed by atoms with Crippen molar-refractivity contribution in [3.8, 4) is 6.07 Å². The Morgan fingerprint density at radius 1 is 1.71 bits per heavy atom. The molecule has 1 unspecified atom stereocenters. The van der Waals surface area contributed by atoms with Crippen molar-refractivity contribution in [2.75, 3.05) is 6.61 Å². The maximum Gasteiger partial charge on any atom is 0.328 e. The maximum atomic E-state index is 11.2. The third-order valence-electron chi connectivity index (χ3n) is 1.83. The molecule has 6 heteroatoms. The van der Waals surface area contributed by atoms with Crippen LogP contribution in [-0.4, -0.2) is 21.3 Å². The predicted octanol–water partition coefficient (Wildman–Crippen LogP) is -1.04. The molecule has 1 aromatic heterocycles. The van der Waals surface area contributed by atoms with E-state index in [4.69, 9.17) is 10.4 Å². The fourth-order valence-electron chi connectivity index (χ4n) is 0.980. The number of rotatable bonds is 2. The lowest BCUT2D eigenvalue weighted by Gasteiger charge is -2.10. The van der Waals surface area contributed by atoms with Crippen LogP contribution in [-0.2, 0) is 0 Å². The number of aliphatic hydroxyl groups excluding tert-OH is 1. The maximum absolute atomic E-state index is 11.2. The molecular weight excluding hydrogens is 186 g/mol. The smallest absolute Gasteiger partial charge is 0.328 e. The molecule has 74 valence electrons.